The average molecular weight is 324 g/mol. The van der Waals surface area contributed by atoms with Gasteiger partial charge in [0, 0.05) is 42.7 Å². The molecule has 3 N–H and O–H groups in total. The lowest BCUT2D eigenvalue weighted by Crippen LogP contribution is -2.26. The molecule has 4 rings (SSSR count). The molecule has 2 aromatic heterocycles. The van der Waals surface area contributed by atoms with Gasteiger partial charge in [0.1, 0.15) is 5.69 Å². The maximum Gasteiger partial charge on any atom is 0.270 e. The minimum atomic E-state index is -0.122. The molecular weight excluding hydrogens is 304 g/mol. The highest BCUT2D eigenvalue weighted by atomic mass is 16.2. The quantitative estimate of drug-likeness (QED) is 0.675. The zero-order valence-electron chi connectivity index (χ0n) is 13.5. The van der Waals surface area contributed by atoms with Crippen LogP contribution in [0.1, 0.15) is 34.1 Å². The Morgan fingerprint density at radius 1 is 1.42 bits per heavy atom. The van der Waals surface area contributed by atoms with Gasteiger partial charge in [0.2, 0.25) is 0 Å². The number of rotatable bonds is 4. The van der Waals surface area contributed by atoms with Crippen LogP contribution in [0.2, 0.25) is 0 Å². The molecule has 1 atom stereocenters. The number of hydrogen-bond donors (Lipinski definition) is 3. The molecule has 1 fully saturated rings. The number of nitrogens with zero attached hydrogens (tertiary/aromatic N) is 3. The van der Waals surface area contributed by atoms with Gasteiger partial charge in [-0.25, -0.2) is 0 Å². The second-order valence-corrected chi connectivity index (χ2v) is 6.17. The first-order valence-electron chi connectivity index (χ1n) is 8.17. The summed E-state index contributed by atoms with van der Waals surface area (Å²) < 4.78 is 1.64. The van der Waals surface area contributed by atoms with Crippen molar-refractivity contribution >= 4 is 16.8 Å². The molecule has 0 bridgehead atoms. The van der Waals surface area contributed by atoms with Gasteiger partial charge >= 0.3 is 0 Å². The number of amides is 1. The Balaban J connectivity index is 1.53. The molecule has 1 amide bonds. The molecule has 0 saturated carbocycles. The molecule has 3 heterocycles. The Morgan fingerprint density at radius 3 is 3.12 bits per heavy atom. The van der Waals surface area contributed by atoms with Gasteiger partial charge in [0.15, 0.2) is 0 Å². The highest BCUT2D eigenvalue weighted by molar-refractivity contribution is 6.04. The summed E-state index contributed by atoms with van der Waals surface area (Å²) in [4.78, 5) is 12.7. The highest BCUT2D eigenvalue weighted by Gasteiger charge is 2.22. The highest BCUT2D eigenvalue weighted by Crippen LogP contribution is 2.23. The smallest absolute Gasteiger partial charge is 0.270 e. The van der Waals surface area contributed by atoms with E-state index in [1.54, 1.807) is 17.9 Å². The Morgan fingerprint density at radius 2 is 2.29 bits per heavy atom. The number of H-pyrrole nitrogens is 1. The largest absolute Gasteiger partial charge is 0.346 e. The van der Waals surface area contributed by atoms with Crippen molar-refractivity contribution in [3.05, 3.63) is 47.4 Å². The van der Waals surface area contributed by atoms with Crippen LogP contribution >= 0.6 is 0 Å². The molecule has 1 saturated heterocycles. The van der Waals surface area contributed by atoms with E-state index < -0.39 is 0 Å². The van der Waals surface area contributed by atoms with Crippen LogP contribution in [0.4, 0.5) is 0 Å². The van der Waals surface area contributed by atoms with Crippen LogP contribution in [0.3, 0.4) is 0 Å². The fourth-order valence-corrected chi connectivity index (χ4v) is 3.39. The summed E-state index contributed by atoms with van der Waals surface area (Å²) in [5.74, 6) is 0.319. The number of carbonyl (C=O) groups is 1. The normalized spacial score (nSPS) is 17.5. The number of aryl methyl sites for hydroxylation is 1. The third-order valence-corrected chi connectivity index (χ3v) is 4.61. The molecule has 1 unspecified atom stereocenters. The topological polar surface area (TPSA) is 87.6 Å². The van der Waals surface area contributed by atoms with Crippen molar-refractivity contribution in [2.45, 2.75) is 18.9 Å². The number of aromatic amines is 1. The van der Waals surface area contributed by atoms with E-state index in [9.17, 15) is 4.79 Å². The number of hydrogen-bond acceptors (Lipinski definition) is 4. The summed E-state index contributed by atoms with van der Waals surface area (Å²) in [6.07, 6.45) is 2.89. The maximum absolute atomic E-state index is 12.7. The van der Waals surface area contributed by atoms with Crippen LogP contribution in [-0.2, 0) is 13.6 Å². The van der Waals surface area contributed by atoms with E-state index in [1.165, 1.54) is 0 Å². The summed E-state index contributed by atoms with van der Waals surface area (Å²) in [6.45, 7) is 2.44. The molecule has 3 aromatic rings. The van der Waals surface area contributed by atoms with Crippen LogP contribution in [-0.4, -0.2) is 39.0 Å². The zero-order chi connectivity index (χ0) is 16.5. The fourth-order valence-electron chi connectivity index (χ4n) is 3.39. The van der Waals surface area contributed by atoms with Gasteiger partial charge in [-0.3, -0.25) is 14.6 Å². The molecular formula is C17H20N6O. The van der Waals surface area contributed by atoms with Gasteiger partial charge in [0.05, 0.1) is 11.7 Å². The van der Waals surface area contributed by atoms with Crippen LogP contribution in [0.5, 0.6) is 0 Å². The van der Waals surface area contributed by atoms with Crippen LogP contribution in [0.15, 0.2) is 30.5 Å². The number of nitrogens with one attached hydrogen (secondary N) is 3. The number of fused-ring (bicyclic) bond motifs is 1. The lowest BCUT2D eigenvalue weighted by molar-refractivity contribution is 0.0943. The first kappa shape index (κ1) is 14.9. The second-order valence-electron chi connectivity index (χ2n) is 6.17. The van der Waals surface area contributed by atoms with E-state index >= 15 is 0 Å². The molecule has 1 aliphatic heterocycles. The number of carbonyl (C=O) groups excluding carboxylic acids is 1. The molecule has 0 radical (unpaired) electrons. The van der Waals surface area contributed by atoms with Crippen molar-refractivity contribution < 1.29 is 4.79 Å². The predicted molar refractivity (Wildman–Crippen MR) is 90.7 cm³/mol. The Bertz CT molecular complexity index is 874. The molecule has 24 heavy (non-hydrogen) atoms. The summed E-state index contributed by atoms with van der Waals surface area (Å²) in [7, 11) is 1.79. The molecule has 7 heteroatoms. The second kappa shape index (κ2) is 6.09. The summed E-state index contributed by atoms with van der Waals surface area (Å²) in [6, 6.07) is 7.67. The minimum absolute atomic E-state index is 0.122. The van der Waals surface area contributed by atoms with Crippen molar-refractivity contribution in [1.82, 2.24) is 30.6 Å². The SMILES string of the molecule is Cn1nc2ccccc2c1C(=O)NCc1cn[nH]c1C1CCNC1. The summed E-state index contributed by atoms with van der Waals surface area (Å²) in [5, 5.41) is 18.9. The molecule has 124 valence electrons. The van der Waals surface area contributed by atoms with Crippen molar-refractivity contribution in [3.8, 4) is 0 Å². The van der Waals surface area contributed by atoms with E-state index in [2.05, 4.69) is 25.9 Å². The average Bonchev–Trinajstić information content (AvgIpc) is 3.30. The van der Waals surface area contributed by atoms with Gasteiger partial charge in [-0.15, -0.1) is 0 Å². The maximum atomic E-state index is 12.7. The molecule has 0 spiro atoms. The molecule has 0 aliphatic carbocycles. The van der Waals surface area contributed by atoms with E-state index in [0.29, 0.717) is 18.2 Å². The van der Waals surface area contributed by atoms with E-state index in [4.69, 9.17) is 0 Å². The van der Waals surface area contributed by atoms with Crippen molar-refractivity contribution in [2.75, 3.05) is 13.1 Å². The first-order valence-corrected chi connectivity index (χ1v) is 8.17. The fraction of sp³-hybridized carbons (Fsp3) is 0.353. The van der Waals surface area contributed by atoms with E-state index in [0.717, 1.165) is 41.7 Å². The molecule has 1 aliphatic rings. The monoisotopic (exact) mass is 324 g/mol. The van der Waals surface area contributed by atoms with Gasteiger partial charge in [-0.05, 0) is 19.0 Å². The lowest BCUT2D eigenvalue weighted by Gasteiger charge is -2.10. The van der Waals surface area contributed by atoms with Gasteiger partial charge in [-0.2, -0.15) is 10.2 Å². The van der Waals surface area contributed by atoms with E-state index in [-0.39, 0.29) is 5.91 Å². The standard InChI is InChI=1S/C17H20N6O/c1-23-16(13-4-2-3-5-14(13)22-23)17(24)19-9-12-10-20-21-15(12)11-6-7-18-8-11/h2-5,10-11,18H,6-9H2,1H3,(H,19,24)(H,20,21). The Kier molecular flexibility index (Phi) is 3.78. The Labute approximate surface area is 139 Å². The van der Waals surface area contributed by atoms with Crippen molar-refractivity contribution in [2.24, 2.45) is 7.05 Å². The summed E-state index contributed by atoms with van der Waals surface area (Å²) in [5.41, 5.74) is 3.57. The summed E-state index contributed by atoms with van der Waals surface area (Å²) >= 11 is 0. The van der Waals surface area contributed by atoms with Gasteiger partial charge in [0.25, 0.3) is 5.91 Å². The van der Waals surface area contributed by atoms with Gasteiger partial charge < -0.3 is 10.6 Å². The van der Waals surface area contributed by atoms with E-state index in [1.807, 2.05) is 24.3 Å². The van der Waals surface area contributed by atoms with Crippen molar-refractivity contribution in [1.29, 1.82) is 0 Å². The predicted octanol–water partition coefficient (Wildman–Crippen LogP) is 1.30. The van der Waals surface area contributed by atoms with Crippen LogP contribution < -0.4 is 10.6 Å². The van der Waals surface area contributed by atoms with Gasteiger partial charge in [-0.1, -0.05) is 18.2 Å². The first-order chi connectivity index (χ1) is 11.7. The lowest BCUT2D eigenvalue weighted by atomic mass is 10.0. The third kappa shape index (κ3) is 2.56. The Hall–Kier alpha value is -2.67. The van der Waals surface area contributed by atoms with Crippen LogP contribution in [0, 0.1) is 0 Å². The number of aromatic nitrogens is 4. The molecule has 1 aromatic carbocycles. The van der Waals surface area contributed by atoms with Crippen LogP contribution in [0.25, 0.3) is 10.9 Å². The zero-order valence-corrected chi connectivity index (χ0v) is 13.5. The third-order valence-electron chi connectivity index (χ3n) is 4.61. The minimum Gasteiger partial charge on any atom is -0.346 e. The number of benzene rings is 1. The van der Waals surface area contributed by atoms with Crippen molar-refractivity contribution in [3.63, 3.8) is 0 Å². The molecule has 7 nitrogen and oxygen atoms in total.